The second-order valence-electron chi connectivity index (χ2n) is 6.29. The van der Waals surface area contributed by atoms with E-state index < -0.39 is 11.6 Å². The van der Waals surface area contributed by atoms with Crippen LogP contribution < -0.4 is 5.32 Å². The lowest BCUT2D eigenvalue weighted by atomic mass is 9.85. The Kier molecular flexibility index (Phi) is 3.10. The molecule has 2 nitrogen and oxygen atoms in total. The van der Waals surface area contributed by atoms with Crippen LogP contribution in [-0.4, -0.2) is 30.1 Å². The smallest absolute Gasteiger partial charge is 0.130 e. The van der Waals surface area contributed by atoms with E-state index in [0.717, 1.165) is 25.7 Å². The van der Waals surface area contributed by atoms with E-state index in [2.05, 4.69) is 24.1 Å². The summed E-state index contributed by atoms with van der Waals surface area (Å²) in [6.07, 6.45) is 0. The van der Waals surface area contributed by atoms with Crippen LogP contribution in [0.4, 0.5) is 8.78 Å². The Hall–Kier alpha value is -1.00. The molecular weight excluding hydrogens is 246 g/mol. The van der Waals surface area contributed by atoms with E-state index in [9.17, 15) is 8.78 Å². The highest BCUT2D eigenvalue weighted by molar-refractivity contribution is 5.19. The molecule has 2 atom stereocenters. The Bertz CT molecular complexity index is 487. The van der Waals surface area contributed by atoms with Crippen molar-refractivity contribution in [2.45, 2.75) is 25.9 Å². The summed E-state index contributed by atoms with van der Waals surface area (Å²) in [7, 11) is 0. The van der Waals surface area contributed by atoms with Crippen LogP contribution in [0.25, 0.3) is 0 Å². The van der Waals surface area contributed by atoms with Gasteiger partial charge in [-0.15, -0.1) is 0 Å². The highest BCUT2D eigenvalue weighted by atomic mass is 19.1. The lowest BCUT2D eigenvalue weighted by molar-refractivity contribution is 0.130. The van der Waals surface area contributed by atoms with Gasteiger partial charge in [-0.25, -0.2) is 8.78 Å². The molecule has 0 saturated carbocycles. The van der Waals surface area contributed by atoms with Gasteiger partial charge in [0, 0.05) is 36.8 Å². The summed E-state index contributed by atoms with van der Waals surface area (Å²) in [6, 6.07) is 3.87. The molecule has 19 heavy (non-hydrogen) atoms. The molecule has 2 unspecified atom stereocenters. The minimum atomic E-state index is -0.511. The van der Waals surface area contributed by atoms with Crippen molar-refractivity contribution in [3.63, 3.8) is 0 Å². The molecule has 0 radical (unpaired) electrons. The number of halogens is 2. The second-order valence-corrected chi connectivity index (χ2v) is 6.29. The van der Waals surface area contributed by atoms with Crippen molar-refractivity contribution in [1.82, 2.24) is 10.2 Å². The van der Waals surface area contributed by atoms with Gasteiger partial charge in [-0.3, -0.25) is 4.90 Å². The maximum atomic E-state index is 13.8. The van der Waals surface area contributed by atoms with E-state index in [4.69, 9.17) is 0 Å². The van der Waals surface area contributed by atoms with Crippen molar-refractivity contribution in [3.05, 3.63) is 35.4 Å². The van der Waals surface area contributed by atoms with Gasteiger partial charge in [0.1, 0.15) is 11.6 Å². The molecule has 0 aromatic heterocycles. The van der Waals surface area contributed by atoms with Crippen LogP contribution in [0, 0.1) is 23.5 Å². The molecule has 2 fully saturated rings. The topological polar surface area (TPSA) is 15.3 Å². The summed E-state index contributed by atoms with van der Waals surface area (Å²) in [5.74, 6) is 0.323. The van der Waals surface area contributed by atoms with Gasteiger partial charge >= 0.3 is 0 Å². The van der Waals surface area contributed by atoms with E-state index in [0.29, 0.717) is 23.9 Å². The average Bonchev–Trinajstić information content (AvgIpc) is 2.87. The molecular formula is C15H20F2N2. The number of hydrogen-bond acceptors (Lipinski definition) is 2. The Morgan fingerprint density at radius 3 is 2.79 bits per heavy atom. The Labute approximate surface area is 112 Å². The van der Waals surface area contributed by atoms with Crippen molar-refractivity contribution >= 4 is 0 Å². The summed E-state index contributed by atoms with van der Waals surface area (Å²) in [6.45, 7) is 8.10. The number of rotatable bonds is 2. The summed E-state index contributed by atoms with van der Waals surface area (Å²) >= 11 is 0. The molecule has 1 aromatic carbocycles. The van der Waals surface area contributed by atoms with E-state index in [-0.39, 0.29) is 5.54 Å². The van der Waals surface area contributed by atoms with Crippen LogP contribution in [0.2, 0.25) is 0 Å². The largest absolute Gasteiger partial charge is 0.316 e. The SMILES string of the molecule is CC1(C)C2CNCC2CN1Cc1ccc(F)cc1F. The molecule has 0 aliphatic carbocycles. The van der Waals surface area contributed by atoms with Gasteiger partial charge in [0.05, 0.1) is 0 Å². The van der Waals surface area contributed by atoms with Gasteiger partial charge in [0.15, 0.2) is 0 Å². The maximum Gasteiger partial charge on any atom is 0.130 e. The number of nitrogens with one attached hydrogen (secondary N) is 1. The molecule has 0 bridgehead atoms. The molecule has 2 saturated heterocycles. The van der Waals surface area contributed by atoms with E-state index in [1.54, 1.807) is 6.07 Å². The molecule has 0 amide bonds. The van der Waals surface area contributed by atoms with Gasteiger partial charge in [0.2, 0.25) is 0 Å². The van der Waals surface area contributed by atoms with Crippen LogP contribution in [-0.2, 0) is 6.54 Å². The van der Waals surface area contributed by atoms with E-state index >= 15 is 0 Å². The number of benzene rings is 1. The number of nitrogens with zero attached hydrogens (tertiary/aromatic N) is 1. The normalized spacial score (nSPS) is 29.7. The first-order chi connectivity index (χ1) is 8.98. The second kappa shape index (κ2) is 4.53. The first kappa shape index (κ1) is 13.0. The van der Waals surface area contributed by atoms with Crippen LogP contribution in [0.1, 0.15) is 19.4 Å². The lowest BCUT2D eigenvalue weighted by Gasteiger charge is -2.35. The first-order valence-electron chi connectivity index (χ1n) is 6.88. The fourth-order valence-electron chi connectivity index (χ4n) is 3.63. The maximum absolute atomic E-state index is 13.8. The summed E-state index contributed by atoms with van der Waals surface area (Å²) in [5, 5.41) is 3.43. The zero-order valence-corrected chi connectivity index (χ0v) is 11.4. The quantitative estimate of drug-likeness (QED) is 0.884. The molecule has 104 valence electrons. The van der Waals surface area contributed by atoms with Gasteiger partial charge in [0.25, 0.3) is 0 Å². The fourth-order valence-corrected chi connectivity index (χ4v) is 3.63. The first-order valence-corrected chi connectivity index (χ1v) is 6.88. The Balaban J connectivity index is 1.80. The standard InChI is InChI=1S/C15H20F2N2/c1-15(2)13-7-18-6-11(13)9-19(15)8-10-3-4-12(16)5-14(10)17/h3-5,11,13,18H,6-9H2,1-2H3. The van der Waals surface area contributed by atoms with Crippen molar-refractivity contribution in [3.8, 4) is 0 Å². The molecule has 1 aromatic rings. The molecule has 2 aliphatic heterocycles. The van der Waals surface area contributed by atoms with Gasteiger partial charge in [-0.05, 0) is 38.3 Å². The average molecular weight is 266 g/mol. The Morgan fingerprint density at radius 2 is 2.11 bits per heavy atom. The molecule has 2 aliphatic rings. The zero-order chi connectivity index (χ0) is 13.6. The number of fused-ring (bicyclic) bond motifs is 1. The van der Waals surface area contributed by atoms with Crippen molar-refractivity contribution in [2.24, 2.45) is 11.8 Å². The predicted octanol–water partition coefficient (Wildman–Crippen LogP) is 2.39. The summed E-state index contributed by atoms with van der Waals surface area (Å²) < 4.78 is 26.7. The van der Waals surface area contributed by atoms with Gasteiger partial charge in [-0.2, -0.15) is 0 Å². The van der Waals surface area contributed by atoms with Gasteiger partial charge in [-0.1, -0.05) is 6.07 Å². The van der Waals surface area contributed by atoms with E-state index in [1.807, 2.05) is 0 Å². The summed E-state index contributed by atoms with van der Waals surface area (Å²) in [4.78, 5) is 2.33. The minimum Gasteiger partial charge on any atom is -0.316 e. The third-order valence-corrected chi connectivity index (χ3v) is 4.89. The molecule has 3 rings (SSSR count). The van der Waals surface area contributed by atoms with Crippen molar-refractivity contribution in [2.75, 3.05) is 19.6 Å². The third-order valence-electron chi connectivity index (χ3n) is 4.89. The van der Waals surface area contributed by atoms with Crippen molar-refractivity contribution in [1.29, 1.82) is 0 Å². The lowest BCUT2D eigenvalue weighted by Crippen LogP contribution is -2.44. The molecule has 1 N–H and O–H groups in total. The third kappa shape index (κ3) is 2.17. The fraction of sp³-hybridized carbons (Fsp3) is 0.600. The van der Waals surface area contributed by atoms with Crippen LogP contribution >= 0.6 is 0 Å². The number of likely N-dealkylation sites (tertiary alicyclic amines) is 1. The Morgan fingerprint density at radius 1 is 1.32 bits per heavy atom. The molecule has 2 heterocycles. The molecule has 4 heteroatoms. The van der Waals surface area contributed by atoms with Crippen LogP contribution in [0.3, 0.4) is 0 Å². The minimum absolute atomic E-state index is 0.0645. The highest BCUT2D eigenvalue weighted by Gasteiger charge is 2.49. The number of hydrogen-bond donors (Lipinski definition) is 1. The van der Waals surface area contributed by atoms with Crippen molar-refractivity contribution < 1.29 is 8.78 Å². The monoisotopic (exact) mass is 266 g/mol. The van der Waals surface area contributed by atoms with E-state index in [1.165, 1.54) is 6.07 Å². The zero-order valence-electron chi connectivity index (χ0n) is 11.4. The van der Waals surface area contributed by atoms with Crippen LogP contribution in [0.15, 0.2) is 18.2 Å². The van der Waals surface area contributed by atoms with Gasteiger partial charge < -0.3 is 5.32 Å². The summed E-state index contributed by atoms with van der Waals surface area (Å²) in [5.41, 5.74) is 0.650. The predicted molar refractivity (Wildman–Crippen MR) is 70.7 cm³/mol. The molecule has 0 spiro atoms. The van der Waals surface area contributed by atoms with Crippen LogP contribution in [0.5, 0.6) is 0 Å². The highest BCUT2D eigenvalue weighted by Crippen LogP contribution is 2.41.